The molecular weight excluding hydrogens is 1010 g/mol. The van der Waals surface area contributed by atoms with Crippen LogP contribution in [0.25, 0.3) is 44.0 Å². The molecule has 6 aliphatic heterocycles. The maximum atomic E-state index is 17.2. The Balaban J connectivity index is 0.586. The van der Waals surface area contributed by atoms with E-state index in [0.717, 1.165) is 102 Å². The molecule has 6 saturated heterocycles. The minimum atomic E-state index is -0.697. The summed E-state index contributed by atoms with van der Waals surface area (Å²) in [6.45, 7) is 8.39. The number of carbonyl (C=O) groups is 3. The molecule has 17 nitrogen and oxygen atoms in total. The highest BCUT2D eigenvalue weighted by atomic mass is 19.1. The Labute approximate surface area is 456 Å². The summed E-state index contributed by atoms with van der Waals surface area (Å²) in [7, 11) is 1.75. The summed E-state index contributed by atoms with van der Waals surface area (Å²) < 4.78 is 48.3. The zero-order chi connectivity index (χ0) is 54.1. The van der Waals surface area contributed by atoms with Crippen LogP contribution < -0.4 is 20.6 Å². The maximum absolute atomic E-state index is 17.2. The largest absolute Gasteiger partial charge is 0.508 e. The second kappa shape index (κ2) is 19.2. The van der Waals surface area contributed by atoms with Crippen molar-refractivity contribution in [1.29, 1.82) is 0 Å². The fraction of sp³-hybridized carbons (Fsp3) is 0.550. The number of hydrogen-bond acceptors (Lipinski definition) is 13. The fourth-order valence-electron chi connectivity index (χ4n) is 15.6. The summed E-state index contributed by atoms with van der Waals surface area (Å²) in [5.41, 5.74) is 3.20. The van der Waals surface area contributed by atoms with Gasteiger partial charge >= 0.3 is 17.8 Å². The number of imide groups is 1. The zero-order valence-electron chi connectivity index (χ0n) is 45.0. The first-order valence-electron chi connectivity index (χ1n) is 28.9. The van der Waals surface area contributed by atoms with Crippen molar-refractivity contribution in [3.63, 3.8) is 0 Å². The summed E-state index contributed by atoms with van der Waals surface area (Å²) in [6.07, 6.45) is 13.4. The lowest BCUT2D eigenvalue weighted by Crippen LogP contribution is -2.56. The van der Waals surface area contributed by atoms with Crippen LogP contribution >= 0.6 is 0 Å². The number of halogens is 2. The Hall–Kier alpha value is -6.73. The molecule has 19 heteroatoms. The first kappa shape index (κ1) is 50.5. The van der Waals surface area contributed by atoms with Crippen molar-refractivity contribution in [1.82, 2.24) is 44.1 Å². The number of imidazole rings is 1. The van der Waals surface area contributed by atoms with Crippen molar-refractivity contribution < 1.29 is 37.7 Å². The molecule has 8 aliphatic rings. The molecule has 0 radical (unpaired) electrons. The number of phenols is 1. The Kier molecular flexibility index (Phi) is 12.3. The van der Waals surface area contributed by atoms with Crippen molar-refractivity contribution >= 4 is 56.4 Å². The van der Waals surface area contributed by atoms with Gasteiger partial charge in [0.15, 0.2) is 5.82 Å². The van der Waals surface area contributed by atoms with E-state index in [9.17, 15) is 24.3 Å². The second-order valence-electron chi connectivity index (χ2n) is 24.5. The van der Waals surface area contributed by atoms with Crippen LogP contribution in [0.4, 0.5) is 19.4 Å². The second-order valence-corrected chi connectivity index (χ2v) is 24.5. The number of anilines is 1. The molecule has 6 aromatic rings. The van der Waals surface area contributed by atoms with E-state index in [1.807, 2.05) is 17.9 Å². The molecule has 8 fully saturated rings. The molecule has 14 rings (SSSR count). The molecule has 2 N–H and O–H groups in total. The third-order valence-electron chi connectivity index (χ3n) is 20.2. The lowest BCUT2D eigenvalue weighted by atomic mass is 9.59. The minimum Gasteiger partial charge on any atom is -0.508 e. The van der Waals surface area contributed by atoms with E-state index in [1.54, 1.807) is 34.5 Å². The molecule has 0 bridgehead atoms. The fourth-order valence-corrected chi connectivity index (χ4v) is 15.6. The summed E-state index contributed by atoms with van der Waals surface area (Å²) in [5.74, 6) is 0.256. The van der Waals surface area contributed by atoms with Gasteiger partial charge in [-0.15, -0.1) is 0 Å². The van der Waals surface area contributed by atoms with Gasteiger partial charge in [0.05, 0.1) is 22.0 Å². The molecule has 414 valence electrons. The Morgan fingerprint density at radius 1 is 0.899 bits per heavy atom. The van der Waals surface area contributed by atoms with E-state index in [1.165, 1.54) is 24.1 Å². The molecule has 3 amide bonds. The number of hydrogen-bond donors (Lipinski definition) is 2. The number of likely N-dealkylation sites (tertiary alicyclic amines) is 2. The number of benzene rings is 3. The average molecular weight is 1080 g/mol. The van der Waals surface area contributed by atoms with Gasteiger partial charge in [0.2, 0.25) is 11.8 Å². The molecule has 5 atom stereocenters. The van der Waals surface area contributed by atoms with Crippen molar-refractivity contribution in [3.8, 4) is 23.0 Å². The first-order chi connectivity index (χ1) is 38.3. The molecule has 79 heavy (non-hydrogen) atoms. The Morgan fingerprint density at radius 3 is 2.47 bits per heavy atom. The quantitative estimate of drug-likeness (QED) is 0.119. The number of ether oxygens (including phenoxy) is 2. The van der Waals surface area contributed by atoms with Gasteiger partial charge in [-0.2, -0.15) is 9.97 Å². The number of phenolic OH excluding ortho intramolecular Hbond substituents is 1. The number of amides is 3. The molecule has 2 saturated carbocycles. The van der Waals surface area contributed by atoms with Crippen LogP contribution in [0.3, 0.4) is 0 Å². The number of aromatic hydroxyl groups is 1. The van der Waals surface area contributed by atoms with Crippen LogP contribution in [0.1, 0.15) is 113 Å². The average Bonchev–Trinajstić information content (AvgIpc) is 3.76. The molecule has 3 aromatic heterocycles. The number of rotatable bonds is 11. The third kappa shape index (κ3) is 8.61. The summed E-state index contributed by atoms with van der Waals surface area (Å²) in [6, 6.07) is 12.1. The third-order valence-corrected chi connectivity index (χ3v) is 20.2. The van der Waals surface area contributed by atoms with E-state index in [4.69, 9.17) is 19.4 Å². The highest BCUT2D eigenvalue weighted by Crippen LogP contribution is 2.53. The van der Waals surface area contributed by atoms with Crippen molar-refractivity contribution in [2.75, 3.05) is 63.9 Å². The van der Waals surface area contributed by atoms with E-state index in [2.05, 4.69) is 37.1 Å². The number of aryl methyl sites for hydroxylation is 2. The van der Waals surface area contributed by atoms with Crippen LogP contribution in [0.15, 0.2) is 53.5 Å². The van der Waals surface area contributed by atoms with Crippen molar-refractivity contribution in [3.05, 3.63) is 81.9 Å². The molecule has 3 unspecified atom stereocenters. The van der Waals surface area contributed by atoms with Gasteiger partial charge in [-0.25, -0.2) is 18.4 Å². The molecule has 2 aliphatic carbocycles. The summed E-state index contributed by atoms with van der Waals surface area (Å²) in [4.78, 5) is 75.0. The normalized spacial score (nSPS) is 26.3. The summed E-state index contributed by atoms with van der Waals surface area (Å²) in [5, 5.41) is 14.7. The maximum Gasteiger partial charge on any atom is 0.409 e. The smallest absolute Gasteiger partial charge is 0.409 e. The molecular formula is C60H68F2N10O7. The van der Waals surface area contributed by atoms with Crippen LogP contribution in [0.2, 0.25) is 0 Å². The monoisotopic (exact) mass is 1080 g/mol. The highest BCUT2D eigenvalue weighted by Gasteiger charge is 2.52. The van der Waals surface area contributed by atoms with Crippen LogP contribution in [-0.4, -0.2) is 138 Å². The molecule has 9 heterocycles. The first-order valence-corrected chi connectivity index (χ1v) is 28.9. The van der Waals surface area contributed by atoms with Gasteiger partial charge in [0.1, 0.15) is 47.9 Å². The van der Waals surface area contributed by atoms with Gasteiger partial charge in [0.25, 0.3) is 0 Å². The Bertz CT molecular complexity index is 3530. The van der Waals surface area contributed by atoms with E-state index < -0.39 is 23.6 Å². The topological polar surface area (TPSA) is 180 Å². The number of carbonyl (C=O) groups excluding carboxylic acids is 3. The van der Waals surface area contributed by atoms with Crippen molar-refractivity contribution in [2.24, 2.45) is 24.3 Å². The number of aromatic nitrogens is 5. The SMILES string of the molecule is CCc1c(F)ccc2cc(O)cc(-c3ncc4c(N5CC6CC6C5)nc(OC[C@@]56CCCN5[C@H](COC(=O)N5CCC7(CC5)CC(N5CCC(c8ccc9c(c8)n(C)c(=O)n9C8CCC(=O)NC8=O)CC5)C7)CC6)nc4c3F)c12. The number of pyridine rings is 1. The van der Waals surface area contributed by atoms with Gasteiger partial charge in [-0.05, 0) is 179 Å². The van der Waals surface area contributed by atoms with E-state index in [0.29, 0.717) is 102 Å². The number of piperidine rings is 4. The van der Waals surface area contributed by atoms with E-state index in [-0.39, 0.29) is 64.1 Å². The van der Waals surface area contributed by atoms with Gasteiger partial charge in [-0.3, -0.25) is 33.9 Å². The van der Waals surface area contributed by atoms with Gasteiger partial charge in [-0.1, -0.05) is 19.1 Å². The zero-order valence-corrected chi connectivity index (χ0v) is 45.0. The number of nitrogens with one attached hydrogen (secondary N) is 1. The van der Waals surface area contributed by atoms with Gasteiger partial charge in [0, 0.05) is 63.5 Å². The minimum absolute atomic E-state index is 0.0279. The predicted molar refractivity (Wildman–Crippen MR) is 292 cm³/mol. The van der Waals surface area contributed by atoms with Crippen LogP contribution in [0.5, 0.6) is 11.8 Å². The predicted octanol–water partition coefficient (Wildman–Crippen LogP) is 8.12. The molecule has 3 aromatic carbocycles. The molecule has 1 spiro atoms. The van der Waals surface area contributed by atoms with E-state index >= 15 is 8.78 Å². The Morgan fingerprint density at radius 2 is 1.70 bits per heavy atom. The van der Waals surface area contributed by atoms with Gasteiger partial charge < -0.3 is 29.3 Å². The summed E-state index contributed by atoms with van der Waals surface area (Å²) >= 11 is 0. The standard InChI is InChI=1S/C60H68F2N10O7/c1-3-42-45(61)7-5-36-24-41(73)26-43(50(36)42)52-51(62)53-44(29-63-52)54(70-30-37-23-38(37)31-70)66-56(65-53)79-33-60-14-4-18-71(60)39(11-15-60)32-78-58(77)69-21-16-59(17-22-69)27-40(28-59)68-19-12-34(13-20-68)35-6-8-46-48(25-35)67(2)57(76)72(46)47-9-10-49(74)64-55(47)75/h5-8,24-26,29,34,37-40,47,73H,3-4,9-23,27-28,30-33H2,1-2H3,(H,64,74,75)/t37?,38?,39-,47?,60-/m0/s1. The number of nitrogens with zero attached hydrogens (tertiary/aromatic N) is 9. The number of fused-ring (bicyclic) bond motifs is 5. The highest BCUT2D eigenvalue weighted by molar-refractivity contribution is 6.02. The lowest BCUT2D eigenvalue weighted by molar-refractivity contribution is -0.135. The lowest BCUT2D eigenvalue weighted by Gasteiger charge is -2.56. The van der Waals surface area contributed by atoms with Crippen LogP contribution in [-0.2, 0) is 27.8 Å². The van der Waals surface area contributed by atoms with Crippen molar-refractivity contribution in [2.45, 2.75) is 126 Å². The van der Waals surface area contributed by atoms with Crippen LogP contribution in [0, 0.1) is 28.9 Å².